The molecular formula is C26H27FN2. The first kappa shape index (κ1) is 20.7. The molecule has 0 aliphatic rings. The van der Waals surface area contributed by atoms with Crippen molar-refractivity contribution in [3.8, 4) is 22.5 Å². The first-order chi connectivity index (χ1) is 14.2. The number of hydrogen-bond acceptors (Lipinski definition) is 2. The third-order valence-electron chi connectivity index (χ3n) is 4.78. The Morgan fingerprint density at radius 2 is 1.48 bits per heavy atom. The van der Waals surface area contributed by atoms with Crippen LogP contribution in [0.15, 0.2) is 79.4 Å². The molecule has 3 rings (SSSR count). The molecule has 29 heavy (non-hydrogen) atoms. The van der Waals surface area contributed by atoms with Crippen LogP contribution in [-0.2, 0) is 6.42 Å². The second kappa shape index (κ2) is 10.5. The average Bonchev–Trinajstić information content (AvgIpc) is 2.75. The van der Waals surface area contributed by atoms with Crippen LogP contribution in [0.3, 0.4) is 0 Å². The number of halogens is 1. The highest BCUT2D eigenvalue weighted by atomic mass is 19.1. The zero-order valence-corrected chi connectivity index (χ0v) is 16.9. The second-order valence-electron chi connectivity index (χ2n) is 7.23. The number of allylic oxidation sites excluding steroid dienone is 2. The molecule has 1 aromatic heterocycles. The molecule has 3 heteroatoms. The van der Waals surface area contributed by atoms with Gasteiger partial charge in [0.15, 0.2) is 0 Å². The van der Waals surface area contributed by atoms with E-state index >= 15 is 0 Å². The topological polar surface area (TPSA) is 25.8 Å². The lowest BCUT2D eigenvalue weighted by Crippen LogP contribution is -1.91. The normalized spacial score (nSPS) is 12.2. The van der Waals surface area contributed by atoms with E-state index in [4.69, 9.17) is 0 Å². The number of hydrogen-bond donors (Lipinski definition) is 0. The Balaban J connectivity index is 1.62. The van der Waals surface area contributed by atoms with Crippen molar-refractivity contribution >= 4 is 6.08 Å². The second-order valence-corrected chi connectivity index (χ2v) is 7.23. The molecule has 3 aromatic rings. The standard InChI is InChI=1S/C26H27FN2/c1-3-7-21-10-14-23(15-11-21)25-18-19-26(29-28-25)24-16-12-22(13-17-24)9-6-4-5-8-20(2)27/h3,6,9-20H,1,4-5,7-8H2,2H3. The number of aromatic nitrogens is 2. The van der Waals surface area contributed by atoms with Gasteiger partial charge in [-0.15, -0.1) is 16.8 Å². The SMILES string of the molecule is C=CCc1ccc(-c2ccc(-c3ccc(C=CCCCC(C)F)cc3)nn2)cc1. The Kier molecular flexibility index (Phi) is 7.46. The van der Waals surface area contributed by atoms with Gasteiger partial charge in [0.05, 0.1) is 17.6 Å². The number of benzene rings is 2. The molecule has 2 nitrogen and oxygen atoms in total. The number of nitrogens with zero attached hydrogens (tertiary/aromatic N) is 2. The van der Waals surface area contributed by atoms with E-state index in [1.165, 1.54) is 5.56 Å². The van der Waals surface area contributed by atoms with E-state index in [0.717, 1.165) is 47.3 Å². The van der Waals surface area contributed by atoms with Crippen LogP contribution < -0.4 is 0 Å². The highest BCUT2D eigenvalue weighted by Crippen LogP contribution is 2.22. The van der Waals surface area contributed by atoms with Crippen molar-refractivity contribution in [2.45, 2.75) is 38.8 Å². The Morgan fingerprint density at radius 3 is 2.00 bits per heavy atom. The molecule has 0 aliphatic carbocycles. The molecule has 0 radical (unpaired) electrons. The van der Waals surface area contributed by atoms with Crippen LogP contribution >= 0.6 is 0 Å². The minimum absolute atomic E-state index is 0.622. The highest BCUT2D eigenvalue weighted by molar-refractivity contribution is 5.65. The fourth-order valence-electron chi connectivity index (χ4n) is 3.12. The zero-order valence-electron chi connectivity index (χ0n) is 16.9. The van der Waals surface area contributed by atoms with E-state index in [2.05, 4.69) is 77.5 Å². The fraction of sp³-hybridized carbons (Fsp3) is 0.231. The van der Waals surface area contributed by atoms with Gasteiger partial charge >= 0.3 is 0 Å². The summed E-state index contributed by atoms with van der Waals surface area (Å²) in [4.78, 5) is 0. The van der Waals surface area contributed by atoms with Crippen molar-refractivity contribution in [3.63, 3.8) is 0 Å². The number of unbranched alkanes of at least 4 members (excludes halogenated alkanes) is 1. The molecule has 1 unspecified atom stereocenters. The summed E-state index contributed by atoms with van der Waals surface area (Å²) >= 11 is 0. The molecule has 1 heterocycles. The average molecular weight is 387 g/mol. The van der Waals surface area contributed by atoms with Crippen molar-refractivity contribution in [1.29, 1.82) is 0 Å². The van der Waals surface area contributed by atoms with Crippen LogP contribution in [0.5, 0.6) is 0 Å². The predicted octanol–water partition coefficient (Wildman–Crippen LogP) is 7.08. The Bertz CT molecular complexity index is 924. The predicted molar refractivity (Wildman–Crippen MR) is 120 cm³/mol. The first-order valence-corrected chi connectivity index (χ1v) is 10.1. The van der Waals surface area contributed by atoms with Crippen LogP contribution in [0.2, 0.25) is 0 Å². The molecule has 0 aliphatic heterocycles. The summed E-state index contributed by atoms with van der Waals surface area (Å²) in [7, 11) is 0. The van der Waals surface area contributed by atoms with Crippen molar-refractivity contribution in [1.82, 2.24) is 10.2 Å². The summed E-state index contributed by atoms with van der Waals surface area (Å²) < 4.78 is 12.8. The quantitative estimate of drug-likeness (QED) is 0.290. The van der Waals surface area contributed by atoms with Crippen LogP contribution in [-0.4, -0.2) is 16.4 Å². The van der Waals surface area contributed by atoms with Crippen LogP contribution in [0.25, 0.3) is 28.6 Å². The summed E-state index contributed by atoms with van der Waals surface area (Å²) in [6.45, 7) is 5.38. The lowest BCUT2D eigenvalue weighted by molar-refractivity contribution is 0.335. The molecule has 1 atom stereocenters. The van der Waals surface area contributed by atoms with Gasteiger partial charge in [-0.05, 0) is 55.9 Å². The summed E-state index contributed by atoms with van der Waals surface area (Å²) in [6.07, 6.45) is 8.64. The molecule has 0 N–H and O–H groups in total. The monoisotopic (exact) mass is 386 g/mol. The molecule has 0 saturated heterocycles. The van der Waals surface area contributed by atoms with Gasteiger partial charge in [0.1, 0.15) is 0 Å². The van der Waals surface area contributed by atoms with Gasteiger partial charge in [-0.3, -0.25) is 0 Å². The lowest BCUT2D eigenvalue weighted by Gasteiger charge is -2.04. The van der Waals surface area contributed by atoms with Crippen molar-refractivity contribution in [3.05, 3.63) is 90.5 Å². The lowest BCUT2D eigenvalue weighted by atomic mass is 10.1. The Labute approximate surface area is 172 Å². The zero-order chi connectivity index (χ0) is 20.5. The molecule has 0 spiro atoms. The maximum atomic E-state index is 12.8. The third-order valence-corrected chi connectivity index (χ3v) is 4.78. The maximum Gasteiger partial charge on any atom is 0.0973 e. The van der Waals surface area contributed by atoms with E-state index in [9.17, 15) is 4.39 Å². The summed E-state index contributed by atoms with van der Waals surface area (Å²) in [5.74, 6) is 0. The minimum Gasteiger partial charge on any atom is -0.248 e. The van der Waals surface area contributed by atoms with Crippen molar-refractivity contribution < 1.29 is 4.39 Å². The van der Waals surface area contributed by atoms with Gasteiger partial charge in [-0.25, -0.2) is 4.39 Å². The van der Waals surface area contributed by atoms with Gasteiger partial charge in [-0.2, -0.15) is 0 Å². The van der Waals surface area contributed by atoms with E-state index in [1.54, 1.807) is 6.92 Å². The van der Waals surface area contributed by atoms with E-state index in [-0.39, 0.29) is 0 Å². The molecule has 0 fully saturated rings. The molecular weight excluding hydrogens is 359 g/mol. The first-order valence-electron chi connectivity index (χ1n) is 10.1. The largest absolute Gasteiger partial charge is 0.248 e. The fourth-order valence-corrected chi connectivity index (χ4v) is 3.12. The summed E-state index contributed by atoms with van der Waals surface area (Å²) in [5, 5.41) is 8.79. The van der Waals surface area contributed by atoms with Crippen LogP contribution in [0, 0.1) is 0 Å². The summed E-state index contributed by atoms with van der Waals surface area (Å²) in [5.41, 5.74) is 6.17. The van der Waals surface area contributed by atoms with Crippen molar-refractivity contribution in [2.24, 2.45) is 0 Å². The van der Waals surface area contributed by atoms with Gasteiger partial charge in [0.2, 0.25) is 0 Å². The van der Waals surface area contributed by atoms with Crippen molar-refractivity contribution in [2.75, 3.05) is 0 Å². The van der Waals surface area contributed by atoms with E-state index in [1.807, 2.05) is 18.2 Å². The number of rotatable bonds is 9. The van der Waals surface area contributed by atoms with Gasteiger partial charge in [0, 0.05) is 11.1 Å². The molecule has 148 valence electrons. The smallest absolute Gasteiger partial charge is 0.0973 e. The van der Waals surface area contributed by atoms with Gasteiger partial charge in [-0.1, -0.05) is 66.8 Å². The molecule has 0 amide bonds. The third kappa shape index (κ3) is 6.21. The van der Waals surface area contributed by atoms with Crippen LogP contribution in [0.4, 0.5) is 4.39 Å². The summed E-state index contributed by atoms with van der Waals surface area (Å²) in [6, 6.07) is 20.6. The van der Waals surface area contributed by atoms with Gasteiger partial charge in [0.25, 0.3) is 0 Å². The minimum atomic E-state index is -0.716. The number of alkyl halides is 1. The Morgan fingerprint density at radius 1 is 0.897 bits per heavy atom. The highest BCUT2D eigenvalue weighted by Gasteiger charge is 2.04. The molecule has 2 aromatic carbocycles. The maximum absolute atomic E-state index is 12.8. The van der Waals surface area contributed by atoms with Crippen LogP contribution in [0.1, 0.15) is 37.3 Å². The molecule has 0 bridgehead atoms. The molecule has 0 saturated carbocycles. The van der Waals surface area contributed by atoms with E-state index in [0.29, 0.717) is 6.42 Å². The Hall–Kier alpha value is -3.07. The van der Waals surface area contributed by atoms with E-state index < -0.39 is 6.17 Å². The van der Waals surface area contributed by atoms with Gasteiger partial charge < -0.3 is 0 Å².